The van der Waals surface area contributed by atoms with Gasteiger partial charge < -0.3 is 10.6 Å². The highest BCUT2D eigenvalue weighted by Gasteiger charge is 2.15. The second-order valence-corrected chi connectivity index (χ2v) is 6.16. The third-order valence-corrected chi connectivity index (χ3v) is 4.10. The fraction of sp³-hybridized carbons (Fsp3) is 0.333. The van der Waals surface area contributed by atoms with Crippen LogP contribution in [0.3, 0.4) is 0 Å². The zero-order chi connectivity index (χ0) is 18.1. The first kappa shape index (κ1) is 18.7. The third kappa shape index (κ3) is 5.75. The van der Waals surface area contributed by atoms with Gasteiger partial charge in [0.15, 0.2) is 0 Å². The van der Waals surface area contributed by atoms with Gasteiger partial charge in [-0.05, 0) is 31.0 Å². The second-order valence-electron chi connectivity index (χ2n) is 6.16. The van der Waals surface area contributed by atoms with E-state index in [0.717, 1.165) is 24.8 Å². The molecule has 0 aromatic heterocycles. The molecule has 4 heteroatoms. The highest BCUT2D eigenvalue weighted by molar-refractivity contribution is 6.03. The van der Waals surface area contributed by atoms with Crippen molar-refractivity contribution in [2.45, 2.75) is 45.6 Å². The van der Waals surface area contributed by atoms with Gasteiger partial charge in [0.25, 0.3) is 5.91 Å². The lowest BCUT2D eigenvalue weighted by molar-refractivity contribution is -0.116. The first-order valence-corrected chi connectivity index (χ1v) is 8.86. The number of carbonyl (C=O) groups excluding carboxylic acids is 2. The van der Waals surface area contributed by atoms with Gasteiger partial charge in [-0.25, -0.2) is 0 Å². The molecule has 2 aromatic rings. The predicted octanol–water partition coefficient (Wildman–Crippen LogP) is 4.70. The topological polar surface area (TPSA) is 58.2 Å². The van der Waals surface area contributed by atoms with Gasteiger partial charge in [0.05, 0.1) is 17.3 Å². The molecule has 0 aliphatic rings. The first-order chi connectivity index (χ1) is 12.1. The van der Waals surface area contributed by atoms with Crippen molar-refractivity contribution in [1.82, 2.24) is 5.32 Å². The van der Waals surface area contributed by atoms with E-state index in [1.807, 2.05) is 43.3 Å². The zero-order valence-corrected chi connectivity index (χ0v) is 14.9. The number of unbranched alkanes of at least 4 members (excludes halogenated alkanes) is 2. The maximum Gasteiger partial charge on any atom is 0.253 e. The molecule has 0 fully saturated rings. The predicted molar refractivity (Wildman–Crippen MR) is 102 cm³/mol. The van der Waals surface area contributed by atoms with Crippen LogP contribution in [0.25, 0.3) is 0 Å². The van der Waals surface area contributed by atoms with Crippen LogP contribution in [0.15, 0.2) is 54.6 Å². The molecule has 2 N–H and O–H groups in total. The number of hydrogen-bond acceptors (Lipinski definition) is 2. The molecule has 1 unspecified atom stereocenters. The zero-order valence-electron chi connectivity index (χ0n) is 14.9. The van der Waals surface area contributed by atoms with Crippen LogP contribution in [-0.2, 0) is 4.79 Å². The molecular formula is C21H26N2O2. The smallest absolute Gasteiger partial charge is 0.253 e. The van der Waals surface area contributed by atoms with Crippen LogP contribution in [0.5, 0.6) is 0 Å². The lowest BCUT2D eigenvalue weighted by Gasteiger charge is -2.16. The van der Waals surface area contributed by atoms with Crippen LogP contribution in [0.2, 0.25) is 0 Å². The molecule has 0 spiro atoms. The summed E-state index contributed by atoms with van der Waals surface area (Å²) >= 11 is 0. The van der Waals surface area contributed by atoms with Crippen molar-refractivity contribution in [3.05, 3.63) is 65.7 Å². The average molecular weight is 338 g/mol. The Kier molecular flexibility index (Phi) is 7.20. The lowest BCUT2D eigenvalue weighted by Crippen LogP contribution is -2.28. The fourth-order valence-corrected chi connectivity index (χ4v) is 2.64. The Labute approximate surface area is 149 Å². The summed E-state index contributed by atoms with van der Waals surface area (Å²) in [6, 6.07) is 16.8. The highest BCUT2D eigenvalue weighted by atomic mass is 16.2. The third-order valence-electron chi connectivity index (χ3n) is 4.10. The molecule has 0 aliphatic heterocycles. The molecule has 0 saturated carbocycles. The Morgan fingerprint density at radius 2 is 1.64 bits per heavy atom. The normalized spacial score (nSPS) is 11.6. The van der Waals surface area contributed by atoms with E-state index < -0.39 is 0 Å². The second kappa shape index (κ2) is 9.62. The lowest BCUT2D eigenvalue weighted by atomic mass is 10.1. The minimum absolute atomic E-state index is 0.0511. The van der Waals surface area contributed by atoms with E-state index in [1.165, 1.54) is 0 Å². The van der Waals surface area contributed by atoms with E-state index in [2.05, 4.69) is 17.6 Å². The summed E-state index contributed by atoms with van der Waals surface area (Å²) < 4.78 is 0. The number of carbonyl (C=O) groups is 2. The average Bonchev–Trinajstić information content (AvgIpc) is 2.63. The van der Waals surface area contributed by atoms with Crippen molar-refractivity contribution < 1.29 is 9.59 Å². The van der Waals surface area contributed by atoms with Gasteiger partial charge in [0.2, 0.25) is 5.91 Å². The Bertz CT molecular complexity index is 698. The van der Waals surface area contributed by atoms with Gasteiger partial charge in [-0.2, -0.15) is 0 Å². The SMILES string of the molecule is CCCCCC(=O)Nc1ccccc1C(=O)NC(C)c1ccccc1. The monoisotopic (exact) mass is 338 g/mol. The number of benzene rings is 2. The summed E-state index contributed by atoms with van der Waals surface area (Å²) in [7, 11) is 0. The molecular weight excluding hydrogens is 312 g/mol. The van der Waals surface area contributed by atoms with Gasteiger partial charge in [0, 0.05) is 6.42 Å². The molecule has 1 atom stereocenters. The van der Waals surface area contributed by atoms with E-state index >= 15 is 0 Å². The van der Waals surface area contributed by atoms with Gasteiger partial charge in [-0.1, -0.05) is 62.2 Å². The number of rotatable bonds is 8. The molecule has 2 amide bonds. The summed E-state index contributed by atoms with van der Waals surface area (Å²) in [5, 5.41) is 5.85. The standard InChI is InChI=1S/C21H26N2O2/c1-3-4-6-15-20(24)23-19-14-10-9-13-18(19)21(25)22-16(2)17-11-7-5-8-12-17/h5,7-14,16H,3-4,6,15H2,1-2H3,(H,22,25)(H,23,24). The number of para-hydroxylation sites is 1. The molecule has 0 heterocycles. The number of nitrogens with one attached hydrogen (secondary N) is 2. The largest absolute Gasteiger partial charge is 0.345 e. The van der Waals surface area contributed by atoms with Crippen molar-refractivity contribution in [3.8, 4) is 0 Å². The van der Waals surface area contributed by atoms with Crippen LogP contribution < -0.4 is 10.6 Å². The summed E-state index contributed by atoms with van der Waals surface area (Å²) in [5.41, 5.74) is 2.08. The summed E-state index contributed by atoms with van der Waals surface area (Å²) in [4.78, 5) is 24.7. The molecule has 0 aliphatic carbocycles. The summed E-state index contributed by atoms with van der Waals surface area (Å²) in [6.07, 6.45) is 3.44. The Balaban J connectivity index is 2.03. The van der Waals surface area contributed by atoms with Gasteiger partial charge in [-0.15, -0.1) is 0 Å². The van der Waals surface area contributed by atoms with Gasteiger partial charge in [0.1, 0.15) is 0 Å². The van der Waals surface area contributed by atoms with Crippen molar-refractivity contribution >= 4 is 17.5 Å². The minimum Gasteiger partial charge on any atom is -0.345 e. The van der Waals surface area contributed by atoms with E-state index in [-0.39, 0.29) is 17.9 Å². The molecule has 2 rings (SSSR count). The van der Waals surface area contributed by atoms with Crippen molar-refractivity contribution in [1.29, 1.82) is 0 Å². The number of hydrogen-bond donors (Lipinski definition) is 2. The highest BCUT2D eigenvalue weighted by Crippen LogP contribution is 2.18. The van der Waals surface area contributed by atoms with E-state index in [1.54, 1.807) is 18.2 Å². The molecule has 25 heavy (non-hydrogen) atoms. The molecule has 0 bridgehead atoms. The Morgan fingerprint density at radius 3 is 2.36 bits per heavy atom. The molecule has 0 radical (unpaired) electrons. The van der Waals surface area contributed by atoms with E-state index in [4.69, 9.17) is 0 Å². The van der Waals surface area contributed by atoms with E-state index in [9.17, 15) is 9.59 Å². The molecule has 0 saturated heterocycles. The van der Waals surface area contributed by atoms with Crippen LogP contribution in [-0.4, -0.2) is 11.8 Å². The number of anilines is 1. The van der Waals surface area contributed by atoms with Crippen LogP contribution in [0.1, 0.15) is 61.5 Å². The van der Waals surface area contributed by atoms with Gasteiger partial charge in [-0.3, -0.25) is 9.59 Å². The summed E-state index contributed by atoms with van der Waals surface area (Å²) in [6.45, 7) is 4.05. The van der Waals surface area contributed by atoms with E-state index in [0.29, 0.717) is 17.7 Å². The molecule has 132 valence electrons. The van der Waals surface area contributed by atoms with Crippen LogP contribution >= 0.6 is 0 Å². The van der Waals surface area contributed by atoms with Gasteiger partial charge >= 0.3 is 0 Å². The molecule has 2 aromatic carbocycles. The quantitative estimate of drug-likeness (QED) is 0.686. The Hall–Kier alpha value is -2.62. The summed E-state index contributed by atoms with van der Waals surface area (Å²) in [5.74, 6) is -0.245. The van der Waals surface area contributed by atoms with Crippen LogP contribution in [0, 0.1) is 0 Å². The minimum atomic E-state index is -0.194. The molecule has 4 nitrogen and oxygen atoms in total. The van der Waals surface area contributed by atoms with Crippen LogP contribution in [0.4, 0.5) is 5.69 Å². The maximum absolute atomic E-state index is 12.6. The maximum atomic E-state index is 12.6. The number of amides is 2. The van der Waals surface area contributed by atoms with Crippen molar-refractivity contribution in [3.63, 3.8) is 0 Å². The fourth-order valence-electron chi connectivity index (χ4n) is 2.64. The van der Waals surface area contributed by atoms with Crippen molar-refractivity contribution in [2.24, 2.45) is 0 Å². The first-order valence-electron chi connectivity index (χ1n) is 8.86. The van der Waals surface area contributed by atoms with Crippen molar-refractivity contribution in [2.75, 3.05) is 5.32 Å². The Morgan fingerprint density at radius 1 is 0.960 bits per heavy atom.